The molecule has 1 fully saturated rings. The molecule has 8 nitrogen and oxygen atoms in total. The fraction of sp³-hybridized carbons (Fsp3) is 0.458. The number of hydrogen-bond acceptors (Lipinski definition) is 7. The van der Waals surface area contributed by atoms with E-state index >= 15 is 0 Å². The van der Waals surface area contributed by atoms with Crippen LogP contribution in [-0.4, -0.2) is 55.2 Å². The van der Waals surface area contributed by atoms with Gasteiger partial charge >= 0.3 is 0 Å². The highest BCUT2D eigenvalue weighted by atomic mass is 16.3. The lowest BCUT2D eigenvalue weighted by atomic mass is 9.79. The van der Waals surface area contributed by atoms with Gasteiger partial charge in [-0.15, -0.1) is 0 Å². The molecule has 1 aromatic heterocycles. The second kappa shape index (κ2) is 9.26. The Hall–Kier alpha value is -2.97. The number of nitrogens with zero attached hydrogens (tertiary/aromatic N) is 3. The molecule has 7 N–H and O–H groups in total. The molecule has 3 rings (SSSR count). The third kappa shape index (κ3) is 5.63. The molecule has 1 saturated heterocycles. The van der Waals surface area contributed by atoms with Gasteiger partial charge in [0.2, 0.25) is 0 Å². The molecule has 32 heavy (non-hydrogen) atoms. The Morgan fingerprint density at radius 2 is 1.91 bits per heavy atom. The molecule has 174 valence electrons. The Labute approximate surface area is 190 Å². The van der Waals surface area contributed by atoms with Gasteiger partial charge in [0, 0.05) is 53.4 Å². The predicted octanol–water partition coefficient (Wildman–Crippen LogP) is 2.28. The van der Waals surface area contributed by atoms with Crippen molar-refractivity contribution in [1.29, 1.82) is 0 Å². The van der Waals surface area contributed by atoms with Gasteiger partial charge in [-0.2, -0.15) is 5.10 Å². The first kappa shape index (κ1) is 23.7. The Morgan fingerprint density at radius 1 is 1.22 bits per heavy atom. The zero-order valence-corrected chi connectivity index (χ0v) is 19.4. The largest absolute Gasteiger partial charge is 0.507 e. The molecule has 0 atom stereocenters. The number of aliphatic hydroxyl groups excluding tert-OH is 1. The summed E-state index contributed by atoms with van der Waals surface area (Å²) in [6, 6.07) is 7.21. The lowest BCUT2D eigenvalue weighted by Gasteiger charge is -2.50. The molecule has 0 radical (unpaired) electrons. The summed E-state index contributed by atoms with van der Waals surface area (Å²) in [5, 5.41) is 28.0. The number of piperidine rings is 1. The van der Waals surface area contributed by atoms with Crippen LogP contribution in [0.3, 0.4) is 0 Å². The maximum Gasteiger partial charge on any atom is 0.127 e. The Morgan fingerprint density at radius 3 is 2.47 bits per heavy atom. The summed E-state index contributed by atoms with van der Waals surface area (Å²) in [6.07, 6.45) is 8.72. The number of allylic oxidation sites excluding steroid dienone is 2. The summed E-state index contributed by atoms with van der Waals surface area (Å²) >= 11 is 0. The fourth-order valence-corrected chi connectivity index (χ4v) is 4.81. The zero-order valence-electron chi connectivity index (χ0n) is 19.4. The van der Waals surface area contributed by atoms with E-state index in [0.29, 0.717) is 23.6 Å². The molecule has 0 amide bonds. The van der Waals surface area contributed by atoms with Gasteiger partial charge in [-0.3, -0.25) is 0 Å². The van der Waals surface area contributed by atoms with Gasteiger partial charge in [0.1, 0.15) is 5.75 Å². The van der Waals surface area contributed by atoms with Crippen LogP contribution in [-0.2, 0) is 0 Å². The average Bonchev–Trinajstić information content (AvgIpc) is 3.22. The van der Waals surface area contributed by atoms with Gasteiger partial charge < -0.3 is 31.9 Å². The standard InChI is InChI=1S/C24H36N6O2/c1-23(2)15-18(16-24(3,4)28-23)29(12-13-31)22(26)9-8-20(25)19-7-6-17(14-21(19)32)30-11-5-10-27-30/h5-11,14,18,28,31-32H,12-13,15-16,25-26H2,1-4H3/b20-8-,22-9+. The number of aromatic hydroxyl groups is 1. The molecular formula is C24H36N6O2. The smallest absolute Gasteiger partial charge is 0.127 e. The number of nitrogens with one attached hydrogen (secondary N) is 1. The highest BCUT2D eigenvalue weighted by molar-refractivity contribution is 5.70. The number of nitrogens with two attached hydrogens (primary N) is 2. The Bertz CT molecular complexity index is 962. The van der Waals surface area contributed by atoms with Gasteiger partial charge in [0.05, 0.1) is 18.1 Å². The van der Waals surface area contributed by atoms with Crippen LogP contribution in [0.4, 0.5) is 0 Å². The van der Waals surface area contributed by atoms with Crippen LogP contribution in [0.2, 0.25) is 0 Å². The van der Waals surface area contributed by atoms with Crippen molar-refractivity contribution >= 4 is 5.70 Å². The van der Waals surface area contributed by atoms with Crippen molar-refractivity contribution in [3.05, 3.63) is 60.2 Å². The summed E-state index contributed by atoms with van der Waals surface area (Å²) in [5.41, 5.74) is 14.3. The van der Waals surface area contributed by atoms with Crippen LogP contribution in [0.25, 0.3) is 11.4 Å². The van der Waals surface area contributed by atoms with Gasteiger partial charge in [-0.1, -0.05) is 0 Å². The molecule has 0 spiro atoms. The lowest BCUT2D eigenvalue weighted by Crippen LogP contribution is -2.62. The normalized spacial score (nSPS) is 19.2. The first-order valence-electron chi connectivity index (χ1n) is 10.9. The molecule has 0 unspecified atom stereocenters. The molecule has 2 aromatic rings. The monoisotopic (exact) mass is 440 g/mol. The Balaban J connectivity index is 1.82. The van der Waals surface area contributed by atoms with Crippen LogP contribution in [0, 0.1) is 0 Å². The summed E-state index contributed by atoms with van der Waals surface area (Å²) in [4.78, 5) is 2.05. The quantitative estimate of drug-likeness (QED) is 0.418. The maximum atomic E-state index is 10.5. The number of rotatable bonds is 7. The van der Waals surface area contributed by atoms with Crippen molar-refractivity contribution in [1.82, 2.24) is 20.0 Å². The van der Waals surface area contributed by atoms with Crippen molar-refractivity contribution in [2.75, 3.05) is 13.2 Å². The molecule has 1 aliphatic heterocycles. The third-order valence-electron chi connectivity index (χ3n) is 5.78. The molecule has 1 aliphatic rings. The summed E-state index contributed by atoms with van der Waals surface area (Å²) < 4.78 is 1.66. The number of hydrogen-bond donors (Lipinski definition) is 5. The van der Waals surface area contributed by atoms with Crippen molar-refractivity contribution < 1.29 is 10.2 Å². The second-order valence-electron chi connectivity index (χ2n) is 9.74. The second-order valence-corrected chi connectivity index (χ2v) is 9.74. The average molecular weight is 441 g/mol. The lowest BCUT2D eigenvalue weighted by molar-refractivity contribution is 0.0745. The fourth-order valence-electron chi connectivity index (χ4n) is 4.81. The SMILES string of the molecule is CC1(C)CC(N(CCO)/C(N)=C/C=C(\N)c2ccc(-n3cccn3)cc2O)CC(C)(C)N1. The van der Waals surface area contributed by atoms with Crippen molar-refractivity contribution in [2.24, 2.45) is 11.5 Å². The minimum atomic E-state index is -0.0443. The van der Waals surface area contributed by atoms with Crippen molar-refractivity contribution in [3.63, 3.8) is 0 Å². The molecule has 1 aromatic carbocycles. The van der Waals surface area contributed by atoms with Crippen molar-refractivity contribution in [3.8, 4) is 11.4 Å². The van der Waals surface area contributed by atoms with Gasteiger partial charge in [-0.25, -0.2) is 4.68 Å². The van der Waals surface area contributed by atoms with E-state index in [1.165, 1.54) is 0 Å². The van der Waals surface area contributed by atoms with Gasteiger partial charge in [0.25, 0.3) is 0 Å². The summed E-state index contributed by atoms with van der Waals surface area (Å²) in [6.45, 7) is 9.19. The molecule has 0 bridgehead atoms. The summed E-state index contributed by atoms with van der Waals surface area (Å²) in [5.74, 6) is 0.598. The van der Waals surface area contributed by atoms with Crippen LogP contribution in [0.5, 0.6) is 5.75 Å². The van der Waals surface area contributed by atoms with E-state index in [1.807, 2.05) is 12.1 Å². The van der Waals surface area contributed by atoms with Gasteiger partial charge in [-0.05, 0) is 70.9 Å². The van der Waals surface area contributed by atoms with Crippen LogP contribution in [0.15, 0.2) is 54.6 Å². The molecule has 2 heterocycles. The van der Waals surface area contributed by atoms with Crippen LogP contribution < -0.4 is 16.8 Å². The number of aliphatic hydroxyl groups is 1. The Kier molecular flexibility index (Phi) is 6.85. The molecular weight excluding hydrogens is 404 g/mol. The van der Waals surface area contributed by atoms with Gasteiger partial charge in [0.15, 0.2) is 0 Å². The molecule has 0 saturated carbocycles. The minimum absolute atomic E-state index is 0.00814. The topological polar surface area (TPSA) is 126 Å². The number of phenols is 1. The highest BCUT2D eigenvalue weighted by Crippen LogP contribution is 2.32. The van der Waals surface area contributed by atoms with E-state index in [9.17, 15) is 10.2 Å². The predicted molar refractivity (Wildman–Crippen MR) is 128 cm³/mol. The zero-order chi connectivity index (χ0) is 23.5. The van der Waals surface area contributed by atoms with E-state index < -0.39 is 0 Å². The molecule has 8 heteroatoms. The van der Waals surface area contributed by atoms with E-state index in [0.717, 1.165) is 18.5 Å². The first-order valence-corrected chi connectivity index (χ1v) is 10.9. The van der Waals surface area contributed by atoms with Crippen LogP contribution >= 0.6 is 0 Å². The van der Waals surface area contributed by atoms with Crippen LogP contribution in [0.1, 0.15) is 46.1 Å². The number of phenolic OH excluding ortho intramolecular Hbond substituents is 1. The number of aromatic nitrogens is 2. The van der Waals surface area contributed by atoms with E-state index in [1.54, 1.807) is 41.4 Å². The highest BCUT2D eigenvalue weighted by Gasteiger charge is 2.40. The van der Waals surface area contributed by atoms with E-state index in [-0.39, 0.29) is 29.5 Å². The minimum Gasteiger partial charge on any atom is -0.507 e. The van der Waals surface area contributed by atoms with E-state index in [2.05, 4.69) is 43.0 Å². The number of benzene rings is 1. The third-order valence-corrected chi connectivity index (χ3v) is 5.78. The van der Waals surface area contributed by atoms with E-state index in [4.69, 9.17) is 11.5 Å². The first-order chi connectivity index (χ1) is 15.0. The summed E-state index contributed by atoms with van der Waals surface area (Å²) in [7, 11) is 0. The molecule has 0 aliphatic carbocycles. The maximum absolute atomic E-state index is 10.5. The van der Waals surface area contributed by atoms with Crippen molar-refractivity contribution in [2.45, 2.75) is 57.7 Å².